The van der Waals surface area contributed by atoms with Crippen LogP contribution in [0, 0.1) is 0 Å². The molecule has 0 aliphatic rings. The van der Waals surface area contributed by atoms with Crippen LogP contribution in [-0.2, 0) is 4.74 Å². The Balaban J connectivity index is 0.000000176. The van der Waals surface area contributed by atoms with Gasteiger partial charge in [0.1, 0.15) is 10.5 Å². The lowest BCUT2D eigenvalue weighted by molar-refractivity contribution is 0.0634. The van der Waals surface area contributed by atoms with Gasteiger partial charge in [0, 0.05) is 9.40 Å². The Labute approximate surface area is 176 Å². The quantitative estimate of drug-likeness (QED) is 0.367. The Morgan fingerprint density at radius 1 is 0.897 bits per heavy atom. The van der Waals surface area contributed by atoms with E-state index < -0.39 is 17.7 Å². The molecule has 4 rings (SSSR count). The number of carboxylic acids is 1. The van der Waals surface area contributed by atoms with Crippen molar-refractivity contribution in [3.63, 3.8) is 0 Å². The molecule has 0 bridgehead atoms. The van der Waals surface area contributed by atoms with E-state index in [1.807, 2.05) is 75.4 Å². The van der Waals surface area contributed by atoms with Gasteiger partial charge in [0.15, 0.2) is 0 Å². The van der Waals surface area contributed by atoms with Crippen molar-refractivity contribution in [2.24, 2.45) is 0 Å². The van der Waals surface area contributed by atoms with E-state index in [-0.39, 0.29) is 0 Å². The number of carbonyl (C=O) groups is 2. The number of nitrogens with one attached hydrogen (secondary N) is 1. The maximum atomic E-state index is 11.6. The van der Waals surface area contributed by atoms with Gasteiger partial charge in [0.25, 0.3) is 0 Å². The Morgan fingerprint density at radius 3 is 1.97 bits per heavy atom. The van der Waals surface area contributed by atoms with Crippen LogP contribution in [0.5, 0.6) is 0 Å². The number of ether oxygens (including phenoxy) is 1. The molecule has 0 saturated carbocycles. The van der Waals surface area contributed by atoms with Gasteiger partial charge in [-0.2, -0.15) is 0 Å². The van der Waals surface area contributed by atoms with Gasteiger partial charge in [0.2, 0.25) is 0 Å². The van der Waals surface area contributed by atoms with Crippen LogP contribution in [-0.4, -0.2) is 22.8 Å². The van der Waals surface area contributed by atoms with Gasteiger partial charge in [-0.05, 0) is 55.8 Å². The summed E-state index contributed by atoms with van der Waals surface area (Å²) in [6.45, 7) is 5.53. The van der Waals surface area contributed by atoms with Crippen LogP contribution < -0.4 is 5.32 Å². The SMILES string of the molecule is CC(C)(C)OC(=O)Nc1cc2ccccc2s1.O=C(O)c1cc2ccccc2s1. The first kappa shape index (κ1) is 20.8. The normalized spacial score (nSPS) is 11.0. The summed E-state index contributed by atoms with van der Waals surface area (Å²) in [5, 5.41) is 14.4. The molecule has 5 nitrogen and oxygen atoms in total. The molecular formula is C22H21NO4S2. The molecule has 0 unspecified atom stereocenters. The average Bonchev–Trinajstić information content (AvgIpc) is 3.23. The van der Waals surface area contributed by atoms with Gasteiger partial charge in [-0.3, -0.25) is 5.32 Å². The largest absolute Gasteiger partial charge is 0.477 e. The highest BCUT2D eigenvalue weighted by molar-refractivity contribution is 7.23. The van der Waals surface area contributed by atoms with Crippen molar-refractivity contribution in [1.29, 1.82) is 0 Å². The number of anilines is 1. The fourth-order valence-corrected chi connectivity index (χ4v) is 4.39. The van der Waals surface area contributed by atoms with E-state index in [4.69, 9.17) is 9.84 Å². The third-order valence-corrected chi connectivity index (χ3v) is 5.82. The highest BCUT2D eigenvalue weighted by Crippen LogP contribution is 2.29. The average molecular weight is 428 g/mol. The molecule has 0 saturated heterocycles. The van der Waals surface area contributed by atoms with Gasteiger partial charge < -0.3 is 9.84 Å². The molecule has 2 heterocycles. The topological polar surface area (TPSA) is 75.6 Å². The van der Waals surface area contributed by atoms with Gasteiger partial charge in [0.05, 0.1) is 5.00 Å². The first-order chi connectivity index (χ1) is 13.7. The van der Waals surface area contributed by atoms with Crippen LogP contribution in [0.25, 0.3) is 20.2 Å². The fourth-order valence-electron chi connectivity index (χ4n) is 2.53. The van der Waals surface area contributed by atoms with E-state index in [2.05, 4.69) is 5.32 Å². The van der Waals surface area contributed by atoms with E-state index in [1.165, 1.54) is 22.7 Å². The van der Waals surface area contributed by atoms with Gasteiger partial charge in [-0.15, -0.1) is 22.7 Å². The highest BCUT2D eigenvalue weighted by atomic mass is 32.1. The van der Waals surface area contributed by atoms with Crippen molar-refractivity contribution in [3.05, 3.63) is 65.5 Å². The number of hydrogen-bond acceptors (Lipinski definition) is 5. The smallest absolute Gasteiger partial charge is 0.412 e. The van der Waals surface area contributed by atoms with Gasteiger partial charge in [-0.25, -0.2) is 9.59 Å². The maximum Gasteiger partial charge on any atom is 0.412 e. The summed E-state index contributed by atoms with van der Waals surface area (Å²) >= 11 is 2.85. The van der Waals surface area contributed by atoms with Crippen molar-refractivity contribution in [3.8, 4) is 0 Å². The standard InChI is InChI=1S/C13H15NO2S.C9H6O2S/c1-13(2,3)16-12(15)14-11-8-9-6-4-5-7-10(9)17-11;10-9(11)8-5-6-3-1-2-4-7(6)12-8/h4-8H,1-3H3,(H,14,15);1-5H,(H,10,11). The van der Waals surface area contributed by atoms with E-state index in [9.17, 15) is 9.59 Å². The summed E-state index contributed by atoms with van der Waals surface area (Å²) in [4.78, 5) is 22.6. The number of benzene rings is 2. The van der Waals surface area contributed by atoms with Crippen molar-refractivity contribution < 1.29 is 19.4 Å². The molecule has 7 heteroatoms. The van der Waals surface area contributed by atoms with Crippen LogP contribution in [0.1, 0.15) is 30.4 Å². The molecule has 29 heavy (non-hydrogen) atoms. The summed E-state index contributed by atoms with van der Waals surface area (Å²) in [5.41, 5.74) is -0.471. The van der Waals surface area contributed by atoms with Crippen LogP contribution >= 0.6 is 22.7 Å². The zero-order valence-electron chi connectivity index (χ0n) is 16.3. The molecule has 150 valence electrons. The number of carboxylic acid groups (broad SMARTS) is 1. The van der Waals surface area contributed by atoms with Crippen molar-refractivity contribution in [1.82, 2.24) is 0 Å². The molecule has 1 amide bonds. The van der Waals surface area contributed by atoms with Crippen LogP contribution in [0.4, 0.5) is 9.80 Å². The molecule has 2 N–H and O–H groups in total. The minimum absolute atomic E-state index is 0.399. The zero-order chi connectivity index (χ0) is 21.0. The second kappa shape index (κ2) is 8.63. The lowest BCUT2D eigenvalue weighted by Crippen LogP contribution is -2.26. The highest BCUT2D eigenvalue weighted by Gasteiger charge is 2.16. The first-order valence-electron chi connectivity index (χ1n) is 8.92. The first-order valence-corrected chi connectivity index (χ1v) is 10.5. The predicted molar refractivity (Wildman–Crippen MR) is 120 cm³/mol. The summed E-state index contributed by atoms with van der Waals surface area (Å²) in [7, 11) is 0. The predicted octanol–water partition coefficient (Wildman–Crippen LogP) is 6.85. The number of carbonyl (C=O) groups excluding carboxylic acids is 1. The fraction of sp³-hybridized carbons (Fsp3) is 0.182. The zero-order valence-corrected chi connectivity index (χ0v) is 17.9. The van der Waals surface area contributed by atoms with Crippen molar-refractivity contribution >= 4 is 59.9 Å². The van der Waals surface area contributed by atoms with E-state index in [0.717, 1.165) is 25.2 Å². The van der Waals surface area contributed by atoms with Crippen LogP contribution in [0.2, 0.25) is 0 Å². The Kier molecular flexibility index (Phi) is 6.20. The van der Waals surface area contributed by atoms with Crippen molar-refractivity contribution in [2.45, 2.75) is 26.4 Å². The lowest BCUT2D eigenvalue weighted by atomic mass is 10.2. The third-order valence-electron chi connectivity index (χ3n) is 3.69. The van der Waals surface area contributed by atoms with Crippen LogP contribution in [0.3, 0.4) is 0 Å². The van der Waals surface area contributed by atoms with E-state index >= 15 is 0 Å². The Hall–Kier alpha value is -2.90. The minimum atomic E-state index is -0.851. The lowest BCUT2D eigenvalue weighted by Gasteiger charge is -2.19. The molecule has 0 fully saturated rings. The van der Waals surface area contributed by atoms with Crippen LogP contribution in [0.15, 0.2) is 60.7 Å². The number of aromatic carboxylic acids is 1. The second-order valence-corrected chi connectivity index (χ2v) is 9.40. The third kappa shape index (κ3) is 5.79. The second-order valence-electron chi connectivity index (χ2n) is 7.23. The Bertz CT molecular complexity index is 1090. The summed E-state index contributed by atoms with van der Waals surface area (Å²) in [6.07, 6.45) is -0.413. The van der Waals surface area contributed by atoms with E-state index in [1.54, 1.807) is 6.07 Å². The number of hydrogen-bond donors (Lipinski definition) is 2. The Morgan fingerprint density at radius 2 is 1.45 bits per heavy atom. The molecule has 2 aromatic carbocycles. The van der Waals surface area contributed by atoms with Gasteiger partial charge in [-0.1, -0.05) is 36.4 Å². The summed E-state index contributed by atoms with van der Waals surface area (Å²) < 4.78 is 7.37. The molecule has 0 spiro atoms. The molecular weight excluding hydrogens is 406 g/mol. The number of thiophene rings is 2. The minimum Gasteiger partial charge on any atom is -0.477 e. The number of rotatable bonds is 2. The number of amides is 1. The van der Waals surface area contributed by atoms with Crippen molar-refractivity contribution in [2.75, 3.05) is 5.32 Å². The van der Waals surface area contributed by atoms with E-state index in [0.29, 0.717) is 4.88 Å². The molecule has 2 aromatic heterocycles. The summed E-state index contributed by atoms with van der Waals surface area (Å²) in [5.74, 6) is -0.851. The molecule has 0 atom stereocenters. The molecule has 0 aliphatic carbocycles. The molecule has 4 aromatic rings. The maximum absolute atomic E-state index is 11.6. The molecule has 0 radical (unpaired) electrons. The summed E-state index contributed by atoms with van der Waals surface area (Å²) in [6, 6.07) is 19.3. The monoisotopic (exact) mass is 427 g/mol. The van der Waals surface area contributed by atoms with Gasteiger partial charge >= 0.3 is 12.1 Å². The molecule has 0 aliphatic heterocycles. The number of fused-ring (bicyclic) bond motifs is 2.